The molecular weight excluding hydrogens is 416 g/mol. The molecule has 3 aliphatic rings. The van der Waals surface area contributed by atoms with Crippen molar-refractivity contribution in [1.29, 1.82) is 0 Å². The Balaban J connectivity index is 1.35. The second kappa shape index (κ2) is 9.93. The summed E-state index contributed by atoms with van der Waals surface area (Å²) in [4.78, 5) is 19.2. The molecule has 2 atom stereocenters. The molecule has 1 N–H and O–H groups in total. The summed E-state index contributed by atoms with van der Waals surface area (Å²) >= 11 is 0. The lowest BCUT2D eigenvalue weighted by Gasteiger charge is -2.35. The molecular formula is C25H36N6O2. The third kappa shape index (κ3) is 4.99. The number of aromatic nitrogens is 2. The van der Waals surface area contributed by atoms with Gasteiger partial charge in [-0.25, -0.2) is 9.97 Å². The normalized spacial score (nSPS) is 24.3. The molecule has 0 saturated carbocycles. The topological polar surface area (TPSA) is 68.2 Å². The first-order valence-corrected chi connectivity index (χ1v) is 12.2. The second-order valence-electron chi connectivity index (χ2n) is 9.66. The molecule has 2 fully saturated rings. The summed E-state index contributed by atoms with van der Waals surface area (Å²) in [7, 11) is 4.32. The van der Waals surface area contributed by atoms with Crippen molar-refractivity contribution in [2.75, 3.05) is 82.9 Å². The number of benzene rings is 1. The number of morpholine rings is 1. The molecule has 0 amide bonds. The van der Waals surface area contributed by atoms with Gasteiger partial charge in [-0.1, -0.05) is 0 Å². The largest absolute Gasteiger partial charge is 0.396 e. The van der Waals surface area contributed by atoms with Crippen LogP contribution < -0.4 is 9.80 Å². The van der Waals surface area contributed by atoms with Crippen LogP contribution in [-0.2, 0) is 11.2 Å². The molecule has 2 aromatic rings. The zero-order valence-electron chi connectivity index (χ0n) is 19.9. The number of fused-ring (bicyclic) bond motifs is 1. The van der Waals surface area contributed by atoms with Crippen LogP contribution in [0.25, 0.3) is 11.4 Å². The molecule has 1 unspecified atom stereocenters. The Morgan fingerprint density at radius 1 is 1.03 bits per heavy atom. The number of piperazine rings is 1. The minimum atomic E-state index is 0.150. The van der Waals surface area contributed by atoms with Crippen molar-refractivity contribution in [3.63, 3.8) is 0 Å². The predicted octanol–water partition coefficient (Wildman–Crippen LogP) is 1.34. The van der Waals surface area contributed by atoms with Crippen molar-refractivity contribution >= 4 is 11.5 Å². The van der Waals surface area contributed by atoms with Gasteiger partial charge in [0.05, 0.1) is 12.7 Å². The van der Waals surface area contributed by atoms with Crippen LogP contribution in [0.5, 0.6) is 0 Å². The Morgan fingerprint density at radius 3 is 2.55 bits per heavy atom. The molecule has 178 valence electrons. The van der Waals surface area contributed by atoms with Crippen LogP contribution in [0.2, 0.25) is 0 Å². The van der Waals surface area contributed by atoms with E-state index in [0.29, 0.717) is 0 Å². The summed E-state index contributed by atoms with van der Waals surface area (Å²) in [6.07, 6.45) is 3.73. The Bertz CT molecular complexity index is 931. The Hall–Kier alpha value is -2.26. The molecule has 1 aromatic heterocycles. The van der Waals surface area contributed by atoms with Crippen molar-refractivity contribution in [3.8, 4) is 11.4 Å². The average Bonchev–Trinajstić information content (AvgIpc) is 3.16. The van der Waals surface area contributed by atoms with E-state index in [1.54, 1.807) is 0 Å². The average molecular weight is 453 g/mol. The quantitative estimate of drug-likeness (QED) is 0.704. The Labute approximate surface area is 196 Å². The molecule has 33 heavy (non-hydrogen) atoms. The van der Waals surface area contributed by atoms with Crippen molar-refractivity contribution < 1.29 is 9.84 Å². The molecule has 0 spiro atoms. The van der Waals surface area contributed by atoms with Gasteiger partial charge in [-0.3, -0.25) is 0 Å². The van der Waals surface area contributed by atoms with Gasteiger partial charge in [-0.2, -0.15) is 0 Å². The molecule has 3 aliphatic heterocycles. The summed E-state index contributed by atoms with van der Waals surface area (Å²) in [6, 6.07) is 8.90. The molecule has 8 nitrogen and oxygen atoms in total. The van der Waals surface area contributed by atoms with E-state index >= 15 is 0 Å². The van der Waals surface area contributed by atoms with E-state index in [1.807, 2.05) is 6.20 Å². The fourth-order valence-corrected chi connectivity index (χ4v) is 5.19. The van der Waals surface area contributed by atoms with E-state index in [0.717, 1.165) is 88.0 Å². The SMILES string of the molecule is CN1CCN(c2ccc(-c3ncc4c(n3)N(C[C@H]3CN(C)CCO3)C(CCO)C4)cc2)CC1. The third-order valence-electron chi connectivity index (χ3n) is 7.21. The smallest absolute Gasteiger partial charge is 0.161 e. The van der Waals surface area contributed by atoms with Crippen LogP contribution in [-0.4, -0.2) is 110 Å². The number of rotatable bonds is 6. The van der Waals surface area contributed by atoms with Gasteiger partial charge in [-0.15, -0.1) is 0 Å². The van der Waals surface area contributed by atoms with Crippen LogP contribution in [0, 0.1) is 0 Å². The minimum absolute atomic E-state index is 0.150. The molecule has 2 saturated heterocycles. The van der Waals surface area contributed by atoms with Gasteiger partial charge in [0, 0.05) is 81.5 Å². The van der Waals surface area contributed by atoms with E-state index in [1.165, 1.54) is 5.69 Å². The van der Waals surface area contributed by atoms with E-state index in [4.69, 9.17) is 14.7 Å². The third-order valence-corrected chi connectivity index (χ3v) is 7.21. The lowest BCUT2D eigenvalue weighted by molar-refractivity contribution is -0.0155. The zero-order chi connectivity index (χ0) is 22.8. The fraction of sp³-hybridized carbons (Fsp3) is 0.600. The second-order valence-corrected chi connectivity index (χ2v) is 9.66. The molecule has 0 bridgehead atoms. The first-order chi connectivity index (χ1) is 16.1. The minimum Gasteiger partial charge on any atom is -0.396 e. The highest BCUT2D eigenvalue weighted by atomic mass is 16.5. The Morgan fingerprint density at radius 2 is 1.82 bits per heavy atom. The van der Waals surface area contributed by atoms with Gasteiger partial charge >= 0.3 is 0 Å². The van der Waals surface area contributed by atoms with Crippen molar-refractivity contribution in [2.45, 2.75) is 25.0 Å². The van der Waals surface area contributed by atoms with Gasteiger partial charge in [0.1, 0.15) is 5.82 Å². The number of hydrogen-bond acceptors (Lipinski definition) is 8. The van der Waals surface area contributed by atoms with Crippen molar-refractivity contribution in [1.82, 2.24) is 19.8 Å². The lowest BCUT2D eigenvalue weighted by Crippen LogP contribution is -2.48. The summed E-state index contributed by atoms with van der Waals surface area (Å²) < 4.78 is 6.05. The van der Waals surface area contributed by atoms with E-state index < -0.39 is 0 Å². The fourth-order valence-electron chi connectivity index (χ4n) is 5.19. The van der Waals surface area contributed by atoms with Gasteiger partial charge in [0.15, 0.2) is 5.82 Å². The van der Waals surface area contributed by atoms with Crippen LogP contribution in [0.15, 0.2) is 30.5 Å². The summed E-state index contributed by atoms with van der Waals surface area (Å²) in [5.74, 6) is 1.76. The van der Waals surface area contributed by atoms with E-state index in [2.05, 4.69) is 58.0 Å². The van der Waals surface area contributed by atoms with Crippen LogP contribution in [0.1, 0.15) is 12.0 Å². The predicted molar refractivity (Wildman–Crippen MR) is 131 cm³/mol. The first-order valence-electron chi connectivity index (χ1n) is 12.2. The molecule has 8 heteroatoms. The number of nitrogens with zero attached hydrogens (tertiary/aromatic N) is 6. The highest BCUT2D eigenvalue weighted by Crippen LogP contribution is 2.34. The molecule has 0 aliphatic carbocycles. The number of aliphatic hydroxyl groups is 1. The maximum absolute atomic E-state index is 9.64. The Kier molecular flexibility index (Phi) is 6.78. The number of ether oxygens (including phenoxy) is 1. The van der Waals surface area contributed by atoms with Gasteiger partial charge in [-0.05, 0) is 51.2 Å². The number of aliphatic hydroxyl groups excluding tert-OH is 1. The maximum Gasteiger partial charge on any atom is 0.161 e. The first kappa shape index (κ1) is 22.5. The number of likely N-dealkylation sites (N-methyl/N-ethyl adjacent to an activating group) is 2. The summed E-state index contributed by atoms with van der Waals surface area (Å²) in [6.45, 7) is 7.95. The van der Waals surface area contributed by atoms with Crippen molar-refractivity contribution in [2.24, 2.45) is 0 Å². The van der Waals surface area contributed by atoms with E-state index in [-0.39, 0.29) is 18.8 Å². The lowest BCUT2D eigenvalue weighted by atomic mass is 10.1. The summed E-state index contributed by atoms with van der Waals surface area (Å²) in [5.41, 5.74) is 3.46. The monoisotopic (exact) mass is 452 g/mol. The summed E-state index contributed by atoms with van der Waals surface area (Å²) in [5, 5.41) is 9.64. The molecule has 1 aromatic carbocycles. The van der Waals surface area contributed by atoms with Crippen LogP contribution in [0.4, 0.5) is 11.5 Å². The highest BCUT2D eigenvalue weighted by Gasteiger charge is 2.33. The van der Waals surface area contributed by atoms with Gasteiger partial charge in [0.2, 0.25) is 0 Å². The van der Waals surface area contributed by atoms with Gasteiger partial charge in [0.25, 0.3) is 0 Å². The standard InChI is InChI=1S/C25H36N6O2/c1-28-8-10-30(11-9-28)21-5-3-19(4-6-21)24-26-16-20-15-22(7-13-32)31(25(20)27-24)18-23-17-29(2)12-14-33-23/h3-6,16,22-23,32H,7-15,17-18H2,1-2H3/t22?,23-/m1/s1. The molecule has 5 rings (SSSR count). The number of hydrogen-bond donors (Lipinski definition) is 1. The molecule has 0 radical (unpaired) electrons. The van der Waals surface area contributed by atoms with E-state index in [9.17, 15) is 5.11 Å². The van der Waals surface area contributed by atoms with Gasteiger partial charge < -0.3 is 29.4 Å². The van der Waals surface area contributed by atoms with Crippen molar-refractivity contribution in [3.05, 3.63) is 36.0 Å². The number of anilines is 2. The molecule has 4 heterocycles. The highest BCUT2D eigenvalue weighted by molar-refractivity contribution is 5.64. The zero-order valence-corrected chi connectivity index (χ0v) is 19.9. The van der Waals surface area contributed by atoms with Crippen LogP contribution >= 0.6 is 0 Å². The maximum atomic E-state index is 9.64. The van der Waals surface area contributed by atoms with Crippen LogP contribution in [0.3, 0.4) is 0 Å².